The lowest BCUT2D eigenvalue weighted by atomic mass is 9.76. The van der Waals surface area contributed by atoms with Crippen molar-refractivity contribution in [2.75, 3.05) is 0 Å². The Morgan fingerprint density at radius 1 is 0.676 bits per heavy atom. The van der Waals surface area contributed by atoms with E-state index in [1.807, 2.05) is 0 Å². The molecular weight excluding hydrogens is 408 g/mol. The van der Waals surface area contributed by atoms with Gasteiger partial charge in [-0.2, -0.15) is 0 Å². The smallest absolute Gasteiger partial charge is 0.0188 e. The van der Waals surface area contributed by atoms with Crippen molar-refractivity contribution in [2.45, 2.75) is 77.6 Å². The van der Waals surface area contributed by atoms with E-state index in [1.54, 1.807) is 0 Å². The maximum Gasteiger partial charge on any atom is -0.0188 e. The molecule has 1 unspecified atom stereocenters. The number of benzene rings is 3. The van der Waals surface area contributed by atoms with Crippen LogP contribution in [0, 0.1) is 11.8 Å². The molecule has 34 heavy (non-hydrogen) atoms. The average molecular weight is 451 g/mol. The summed E-state index contributed by atoms with van der Waals surface area (Å²) >= 11 is 0. The van der Waals surface area contributed by atoms with E-state index in [9.17, 15) is 0 Å². The van der Waals surface area contributed by atoms with Gasteiger partial charge in [0.05, 0.1) is 0 Å². The van der Waals surface area contributed by atoms with Crippen LogP contribution in [0.4, 0.5) is 0 Å². The molecule has 1 aliphatic carbocycles. The van der Waals surface area contributed by atoms with Gasteiger partial charge in [0.25, 0.3) is 0 Å². The molecule has 1 atom stereocenters. The number of rotatable bonds is 10. The van der Waals surface area contributed by atoms with Gasteiger partial charge in [-0.15, -0.1) is 0 Å². The molecule has 0 spiro atoms. The Bertz CT molecular complexity index is 986. The zero-order valence-corrected chi connectivity index (χ0v) is 21.3. The predicted octanol–water partition coefficient (Wildman–Crippen LogP) is 9.74. The summed E-state index contributed by atoms with van der Waals surface area (Å²) in [6, 6.07) is 29.2. The van der Waals surface area contributed by atoms with Crippen molar-refractivity contribution >= 4 is 12.2 Å². The Hall–Kier alpha value is -2.60. The minimum absolute atomic E-state index is 0.690. The molecule has 0 amide bonds. The third-order valence-electron chi connectivity index (χ3n) is 7.83. The first-order valence-corrected chi connectivity index (χ1v) is 13.6. The largest absolute Gasteiger partial charge is 0.0651 e. The van der Waals surface area contributed by atoms with Crippen LogP contribution in [0.2, 0.25) is 0 Å². The lowest BCUT2D eigenvalue weighted by Gasteiger charge is -2.30. The van der Waals surface area contributed by atoms with E-state index < -0.39 is 0 Å². The minimum Gasteiger partial charge on any atom is -0.0651 e. The molecule has 0 heteroatoms. The van der Waals surface area contributed by atoms with Gasteiger partial charge in [0.2, 0.25) is 0 Å². The van der Waals surface area contributed by atoms with Gasteiger partial charge in [0.15, 0.2) is 0 Å². The van der Waals surface area contributed by atoms with Crippen LogP contribution in [-0.4, -0.2) is 0 Å². The summed E-state index contributed by atoms with van der Waals surface area (Å²) in [5, 5.41) is 0. The fourth-order valence-corrected chi connectivity index (χ4v) is 5.62. The van der Waals surface area contributed by atoms with Gasteiger partial charge in [-0.1, -0.05) is 137 Å². The predicted molar refractivity (Wildman–Crippen MR) is 149 cm³/mol. The highest BCUT2D eigenvalue weighted by molar-refractivity contribution is 5.69. The third-order valence-corrected chi connectivity index (χ3v) is 7.83. The van der Waals surface area contributed by atoms with E-state index in [1.165, 1.54) is 85.6 Å². The summed E-state index contributed by atoms with van der Waals surface area (Å²) in [5.41, 5.74) is 6.99. The van der Waals surface area contributed by atoms with E-state index in [-0.39, 0.29) is 0 Å². The molecule has 0 saturated heterocycles. The standard InChI is InChI=1S/C34H42/c1-3-7-28-10-12-29(13-11-28)14-15-30-16-18-31(19-17-30)20-21-32-22-24-33(25-23-32)26-27(2)34-8-5-4-6-9-34/h4-6,8-19,27,32-33H,3,7,20-26H2,1-2H3/b15-14+. The highest BCUT2D eigenvalue weighted by Gasteiger charge is 2.22. The zero-order valence-electron chi connectivity index (χ0n) is 21.3. The molecule has 0 nitrogen and oxygen atoms in total. The van der Waals surface area contributed by atoms with Crippen LogP contribution in [-0.2, 0) is 12.8 Å². The second kappa shape index (κ2) is 12.7. The Morgan fingerprint density at radius 2 is 1.21 bits per heavy atom. The molecule has 3 aromatic carbocycles. The summed E-state index contributed by atoms with van der Waals surface area (Å²) in [7, 11) is 0. The molecule has 0 heterocycles. The van der Waals surface area contributed by atoms with Gasteiger partial charge in [0, 0.05) is 0 Å². The molecule has 1 saturated carbocycles. The molecule has 1 fully saturated rings. The molecular formula is C34H42. The number of hydrogen-bond donors (Lipinski definition) is 0. The first-order valence-electron chi connectivity index (χ1n) is 13.6. The molecule has 0 radical (unpaired) electrons. The molecule has 1 aliphatic rings. The van der Waals surface area contributed by atoms with Crippen molar-refractivity contribution in [3.05, 3.63) is 107 Å². The van der Waals surface area contributed by atoms with Crippen molar-refractivity contribution < 1.29 is 0 Å². The number of hydrogen-bond acceptors (Lipinski definition) is 0. The first-order chi connectivity index (χ1) is 16.7. The Balaban J connectivity index is 1.18. The van der Waals surface area contributed by atoms with Crippen LogP contribution >= 0.6 is 0 Å². The van der Waals surface area contributed by atoms with Crippen LogP contribution in [0.25, 0.3) is 12.2 Å². The summed E-state index contributed by atoms with van der Waals surface area (Å²) < 4.78 is 0. The summed E-state index contributed by atoms with van der Waals surface area (Å²) in [4.78, 5) is 0. The van der Waals surface area contributed by atoms with Crippen LogP contribution in [0.15, 0.2) is 78.9 Å². The summed E-state index contributed by atoms with van der Waals surface area (Å²) in [6.07, 6.45) is 16.4. The highest BCUT2D eigenvalue weighted by Crippen LogP contribution is 2.37. The van der Waals surface area contributed by atoms with Gasteiger partial charge >= 0.3 is 0 Å². The molecule has 0 N–H and O–H groups in total. The topological polar surface area (TPSA) is 0 Å². The van der Waals surface area contributed by atoms with E-state index in [2.05, 4.69) is 105 Å². The second-order valence-corrected chi connectivity index (χ2v) is 10.5. The lowest BCUT2D eigenvalue weighted by molar-refractivity contribution is 0.245. The van der Waals surface area contributed by atoms with Crippen LogP contribution in [0.3, 0.4) is 0 Å². The van der Waals surface area contributed by atoms with E-state index in [0.29, 0.717) is 5.92 Å². The van der Waals surface area contributed by atoms with Crippen LogP contribution in [0.1, 0.15) is 92.5 Å². The van der Waals surface area contributed by atoms with Gasteiger partial charge in [-0.05, 0) is 71.3 Å². The van der Waals surface area contributed by atoms with Crippen LogP contribution < -0.4 is 0 Å². The Kier molecular flexibility index (Phi) is 9.19. The average Bonchev–Trinajstić information content (AvgIpc) is 2.89. The monoisotopic (exact) mass is 450 g/mol. The van der Waals surface area contributed by atoms with Gasteiger partial charge in [-0.3, -0.25) is 0 Å². The fraction of sp³-hybridized carbons (Fsp3) is 0.412. The molecule has 0 aliphatic heterocycles. The molecule has 4 rings (SSSR count). The van der Waals surface area contributed by atoms with Gasteiger partial charge in [-0.25, -0.2) is 0 Å². The molecule has 3 aromatic rings. The summed E-state index contributed by atoms with van der Waals surface area (Å²) in [5.74, 6) is 2.52. The van der Waals surface area contributed by atoms with Crippen molar-refractivity contribution in [1.82, 2.24) is 0 Å². The molecule has 178 valence electrons. The number of aryl methyl sites for hydroxylation is 2. The van der Waals surface area contributed by atoms with E-state index >= 15 is 0 Å². The van der Waals surface area contributed by atoms with Gasteiger partial charge in [0.1, 0.15) is 0 Å². The van der Waals surface area contributed by atoms with E-state index in [4.69, 9.17) is 0 Å². The zero-order chi connectivity index (χ0) is 23.6. The molecule has 0 bridgehead atoms. The lowest BCUT2D eigenvalue weighted by Crippen LogP contribution is -2.16. The maximum atomic E-state index is 2.41. The Morgan fingerprint density at radius 3 is 1.76 bits per heavy atom. The van der Waals surface area contributed by atoms with Crippen molar-refractivity contribution in [3.8, 4) is 0 Å². The molecule has 0 aromatic heterocycles. The van der Waals surface area contributed by atoms with Crippen molar-refractivity contribution in [1.29, 1.82) is 0 Å². The Labute approximate surface area is 208 Å². The highest BCUT2D eigenvalue weighted by atomic mass is 14.3. The minimum atomic E-state index is 0.690. The first kappa shape index (κ1) is 24.5. The van der Waals surface area contributed by atoms with Crippen molar-refractivity contribution in [3.63, 3.8) is 0 Å². The summed E-state index contributed by atoms with van der Waals surface area (Å²) in [6.45, 7) is 4.64. The normalized spacial score (nSPS) is 19.4. The fourth-order valence-electron chi connectivity index (χ4n) is 5.62. The van der Waals surface area contributed by atoms with Crippen LogP contribution in [0.5, 0.6) is 0 Å². The quantitative estimate of drug-likeness (QED) is 0.270. The van der Waals surface area contributed by atoms with Gasteiger partial charge < -0.3 is 0 Å². The third kappa shape index (κ3) is 7.45. The van der Waals surface area contributed by atoms with Crippen molar-refractivity contribution in [2.24, 2.45) is 11.8 Å². The van der Waals surface area contributed by atoms with E-state index in [0.717, 1.165) is 11.8 Å². The SMILES string of the molecule is CCCc1ccc(/C=C/c2ccc(CCC3CCC(CC(C)c4ccccc4)CC3)cc2)cc1. The second-order valence-electron chi connectivity index (χ2n) is 10.5. The maximum absolute atomic E-state index is 2.41.